The van der Waals surface area contributed by atoms with E-state index in [2.05, 4.69) is 67.7 Å². The Morgan fingerprint density at radius 3 is 1.61 bits per heavy atom. The summed E-state index contributed by atoms with van der Waals surface area (Å²) < 4.78 is 0. The van der Waals surface area contributed by atoms with Gasteiger partial charge in [-0.05, 0) is 38.5 Å². The standard InChI is InChI=1S/C21H30O2/c1-2-3-4-5-6-7-8-9-10-11-12-13-14-15-16-17-18-19-20-21(22)23/h3-4,6-7,9-12,14-15,17-18H,2,5,8,13,16,19-20H2,1H3,(H,22,23)/b4-3-,7-6-,10-9-,12-11-,15-14-,18-17-. The van der Waals surface area contributed by atoms with Gasteiger partial charge < -0.3 is 5.11 Å². The highest BCUT2D eigenvalue weighted by Crippen LogP contribution is 1.96. The third kappa shape index (κ3) is 19.9. The van der Waals surface area contributed by atoms with Crippen LogP contribution in [0.4, 0.5) is 0 Å². The Morgan fingerprint density at radius 1 is 0.696 bits per heavy atom. The van der Waals surface area contributed by atoms with Crippen LogP contribution in [0, 0.1) is 0 Å². The van der Waals surface area contributed by atoms with Gasteiger partial charge in [-0.2, -0.15) is 0 Å². The average Bonchev–Trinajstić information content (AvgIpc) is 2.53. The molecule has 0 saturated heterocycles. The minimum atomic E-state index is -0.743. The number of carboxylic acid groups (broad SMARTS) is 1. The van der Waals surface area contributed by atoms with Gasteiger partial charge in [-0.3, -0.25) is 4.79 Å². The summed E-state index contributed by atoms with van der Waals surface area (Å²) >= 11 is 0. The molecular formula is C21H30O2. The molecule has 1 N–H and O–H groups in total. The molecule has 0 aromatic rings. The van der Waals surface area contributed by atoms with Gasteiger partial charge >= 0.3 is 5.97 Å². The third-order valence-electron chi connectivity index (χ3n) is 2.90. The maximum atomic E-state index is 10.3. The first-order chi connectivity index (χ1) is 11.3. The molecule has 23 heavy (non-hydrogen) atoms. The first-order valence-electron chi connectivity index (χ1n) is 8.40. The molecule has 0 saturated carbocycles. The topological polar surface area (TPSA) is 37.3 Å². The number of aliphatic carboxylic acids is 1. The second-order valence-corrected chi connectivity index (χ2v) is 5.03. The van der Waals surface area contributed by atoms with Crippen molar-refractivity contribution in [1.82, 2.24) is 0 Å². The van der Waals surface area contributed by atoms with Crippen LogP contribution in [0.15, 0.2) is 72.9 Å². The van der Waals surface area contributed by atoms with Gasteiger partial charge in [0.15, 0.2) is 0 Å². The Kier molecular flexibility index (Phi) is 16.3. The summed E-state index contributed by atoms with van der Waals surface area (Å²) in [5, 5.41) is 8.48. The lowest BCUT2D eigenvalue weighted by Crippen LogP contribution is -1.91. The molecule has 0 aliphatic carbocycles. The van der Waals surface area contributed by atoms with Crippen molar-refractivity contribution in [2.45, 2.75) is 51.9 Å². The summed E-state index contributed by atoms with van der Waals surface area (Å²) in [4.78, 5) is 10.3. The smallest absolute Gasteiger partial charge is 0.303 e. The SMILES string of the molecule is CC/C=C\C/C=C\C/C=C\C=C/C/C=C\C/C=C\CCC(=O)O. The summed E-state index contributed by atoms with van der Waals surface area (Å²) in [5.41, 5.74) is 0. The van der Waals surface area contributed by atoms with Gasteiger partial charge in [-0.15, -0.1) is 0 Å². The van der Waals surface area contributed by atoms with Crippen LogP contribution >= 0.6 is 0 Å². The lowest BCUT2D eigenvalue weighted by Gasteiger charge is -1.87. The van der Waals surface area contributed by atoms with Crippen molar-refractivity contribution in [3.63, 3.8) is 0 Å². The highest BCUT2D eigenvalue weighted by molar-refractivity contribution is 5.66. The first-order valence-corrected chi connectivity index (χ1v) is 8.40. The predicted octanol–water partition coefficient (Wildman–Crippen LogP) is 6.16. The van der Waals surface area contributed by atoms with Crippen molar-refractivity contribution in [2.75, 3.05) is 0 Å². The van der Waals surface area contributed by atoms with Crippen LogP contribution in [-0.2, 0) is 4.79 Å². The quantitative estimate of drug-likeness (QED) is 0.326. The maximum absolute atomic E-state index is 10.3. The fourth-order valence-corrected chi connectivity index (χ4v) is 1.70. The Labute approximate surface area is 141 Å². The molecular weight excluding hydrogens is 284 g/mol. The monoisotopic (exact) mass is 314 g/mol. The van der Waals surface area contributed by atoms with E-state index < -0.39 is 5.97 Å². The number of hydrogen-bond acceptors (Lipinski definition) is 1. The van der Waals surface area contributed by atoms with Gasteiger partial charge in [0.25, 0.3) is 0 Å². The number of carbonyl (C=O) groups is 1. The van der Waals surface area contributed by atoms with E-state index in [-0.39, 0.29) is 6.42 Å². The molecule has 0 aromatic carbocycles. The molecule has 0 unspecified atom stereocenters. The van der Waals surface area contributed by atoms with Crippen molar-refractivity contribution in [3.05, 3.63) is 72.9 Å². The van der Waals surface area contributed by atoms with Crippen LogP contribution in [0.25, 0.3) is 0 Å². The largest absolute Gasteiger partial charge is 0.481 e. The summed E-state index contributed by atoms with van der Waals surface area (Å²) in [7, 11) is 0. The van der Waals surface area contributed by atoms with Crippen LogP contribution in [0.1, 0.15) is 51.9 Å². The summed E-state index contributed by atoms with van der Waals surface area (Å²) in [5.74, 6) is -0.743. The van der Waals surface area contributed by atoms with Crippen LogP contribution in [0.2, 0.25) is 0 Å². The summed E-state index contributed by atoms with van der Waals surface area (Å²) in [6.45, 7) is 2.14. The number of hydrogen-bond donors (Lipinski definition) is 1. The molecule has 0 radical (unpaired) electrons. The fourth-order valence-electron chi connectivity index (χ4n) is 1.70. The molecule has 2 heteroatoms. The zero-order valence-corrected chi connectivity index (χ0v) is 14.2. The molecule has 0 rings (SSSR count). The zero-order chi connectivity index (χ0) is 17.0. The predicted molar refractivity (Wildman–Crippen MR) is 100 cm³/mol. The van der Waals surface area contributed by atoms with E-state index >= 15 is 0 Å². The van der Waals surface area contributed by atoms with Crippen molar-refractivity contribution < 1.29 is 9.90 Å². The zero-order valence-electron chi connectivity index (χ0n) is 14.2. The molecule has 126 valence electrons. The Hall–Kier alpha value is -2.09. The van der Waals surface area contributed by atoms with Crippen LogP contribution in [0.3, 0.4) is 0 Å². The van der Waals surface area contributed by atoms with Crippen LogP contribution < -0.4 is 0 Å². The van der Waals surface area contributed by atoms with Crippen molar-refractivity contribution in [2.24, 2.45) is 0 Å². The van der Waals surface area contributed by atoms with E-state index in [9.17, 15) is 4.79 Å². The second kappa shape index (κ2) is 18.0. The molecule has 0 heterocycles. The summed E-state index contributed by atoms with van der Waals surface area (Å²) in [6, 6.07) is 0. The molecule has 0 aliphatic rings. The van der Waals surface area contributed by atoms with E-state index in [4.69, 9.17) is 5.11 Å². The van der Waals surface area contributed by atoms with Gasteiger partial charge in [-0.1, -0.05) is 79.8 Å². The molecule has 0 aromatic heterocycles. The normalized spacial score (nSPS) is 13.1. The highest BCUT2D eigenvalue weighted by Gasteiger charge is 1.90. The average molecular weight is 314 g/mol. The molecule has 2 nitrogen and oxygen atoms in total. The fraction of sp³-hybridized carbons (Fsp3) is 0.381. The van der Waals surface area contributed by atoms with Gasteiger partial charge in [0, 0.05) is 6.42 Å². The van der Waals surface area contributed by atoms with Gasteiger partial charge in [0.1, 0.15) is 0 Å². The molecule has 0 aliphatic heterocycles. The van der Waals surface area contributed by atoms with Gasteiger partial charge in [0.05, 0.1) is 0 Å². The van der Waals surface area contributed by atoms with Crippen LogP contribution in [0.5, 0.6) is 0 Å². The van der Waals surface area contributed by atoms with Crippen LogP contribution in [-0.4, -0.2) is 11.1 Å². The minimum absolute atomic E-state index is 0.208. The molecule has 0 fully saturated rings. The van der Waals surface area contributed by atoms with E-state index in [0.29, 0.717) is 6.42 Å². The summed E-state index contributed by atoms with van der Waals surface area (Å²) in [6.07, 6.45) is 31.0. The molecule has 0 bridgehead atoms. The molecule has 0 amide bonds. The van der Waals surface area contributed by atoms with E-state index in [1.54, 1.807) is 0 Å². The third-order valence-corrected chi connectivity index (χ3v) is 2.90. The van der Waals surface area contributed by atoms with Crippen molar-refractivity contribution >= 4 is 5.97 Å². The van der Waals surface area contributed by atoms with Crippen molar-refractivity contribution in [3.8, 4) is 0 Å². The number of carboxylic acids is 1. The van der Waals surface area contributed by atoms with E-state index in [0.717, 1.165) is 32.1 Å². The minimum Gasteiger partial charge on any atom is -0.481 e. The highest BCUT2D eigenvalue weighted by atomic mass is 16.4. The Balaban J connectivity index is 3.55. The van der Waals surface area contributed by atoms with E-state index in [1.165, 1.54) is 0 Å². The lowest BCUT2D eigenvalue weighted by molar-refractivity contribution is -0.136. The van der Waals surface area contributed by atoms with E-state index in [1.807, 2.05) is 12.2 Å². The van der Waals surface area contributed by atoms with Gasteiger partial charge in [0.2, 0.25) is 0 Å². The Morgan fingerprint density at radius 2 is 1.13 bits per heavy atom. The number of rotatable bonds is 13. The van der Waals surface area contributed by atoms with Gasteiger partial charge in [-0.25, -0.2) is 0 Å². The molecule has 0 atom stereocenters. The number of allylic oxidation sites excluding steroid dienone is 12. The first kappa shape index (κ1) is 20.9. The second-order valence-electron chi connectivity index (χ2n) is 5.03. The molecule has 0 spiro atoms. The Bertz CT molecular complexity index is 448. The van der Waals surface area contributed by atoms with Crippen molar-refractivity contribution in [1.29, 1.82) is 0 Å². The maximum Gasteiger partial charge on any atom is 0.303 e. The lowest BCUT2D eigenvalue weighted by atomic mass is 10.2.